The van der Waals surface area contributed by atoms with Gasteiger partial charge in [0.05, 0.1) is 5.92 Å². The smallest absolute Gasteiger partial charge is 0.371 e. The fourth-order valence-corrected chi connectivity index (χ4v) is 3.68. The first-order valence-corrected chi connectivity index (χ1v) is 7.99. The molecule has 1 fully saturated rings. The summed E-state index contributed by atoms with van der Waals surface area (Å²) in [5.74, 6) is -1.14. The summed E-state index contributed by atoms with van der Waals surface area (Å²) >= 11 is 6.87. The van der Waals surface area contributed by atoms with Crippen LogP contribution < -0.4 is 4.90 Å². The van der Waals surface area contributed by atoms with Gasteiger partial charge in [-0.3, -0.25) is 0 Å². The van der Waals surface area contributed by atoms with Crippen LogP contribution in [0.15, 0.2) is 22.7 Å². The van der Waals surface area contributed by atoms with Crippen LogP contribution in [0.25, 0.3) is 0 Å². The molecule has 1 saturated heterocycles. The van der Waals surface area contributed by atoms with Crippen LogP contribution in [0.1, 0.15) is 18.4 Å². The van der Waals surface area contributed by atoms with Crippen molar-refractivity contribution >= 4 is 37.5 Å². The Morgan fingerprint density at radius 2 is 1.84 bits per heavy atom. The number of hydrogen-bond acceptors (Lipinski definition) is 1. The van der Waals surface area contributed by atoms with E-state index in [1.807, 2.05) is 23.1 Å². The number of halogens is 5. The Labute approximate surface area is 127 Å². The third-order valence-electron chi connectivity index (χ3n) is 3.50. The third-order valence-corrected chi connectivity index (χ3v) is 4.85. The van der Waals surface area contributed by atoms with Gasteiger partial charge in [0.1, 0.15) is 0 Å². The summed E-state index contributed by atoms with van der Waals surface area (Å²) in [7, 11) is 0. The van der Waals surface area contributed by atoms with Gasteiger partial charge in [0, 0.05) is 28.6 Å². The van der Waals surface area contributed by atoms with Gasteiger partial charge in [-0.05, 0) is 30.5 Å². The Balaban J connectivity index is 2.04. The molecule has 2 rings (SSSR count). The van der Waals surface area contributed by atoms with E-state index in [9.17, 15) is 13.2 Å². The van der Waals surface area contributed by atoms with E-state index in [1.54, 1.807) is 0 Å². The molecule has 1 heterocycles. The maximum atomic E-state index is 12.6. The molecule has 0 spiro atoms. The molecular weight excluding hydrogens is 387 g/mol. The molecule has 1 aromatic carbocycles. The van der Waals surface area contributed by atoms with Crippen molar-refractivity contribution in [1.29, 1.82) is 0 Å². The minimum Gasteiger partial charge on any atom is -0.371 e. The minimum atomic E-state index is -4.05. The number of benzene rings is 1. The van der Waals surface area contributed by atoms with Crippen LogP contribution in [0, 0.1) is 5.92 Å². The fraction of sp³-hybridized carbons (Fsp3) is 0.538. The zero-order chi connectivity index (χ0) is 14.0. The van der Waals surface area contributed by atoms with Gasteiger partial charge in [-0.1, -0.05) is 37.9 Å². The average molecular weight is 401 g/mol. The van der Waals surface area contributed by atoms with Gasteiger partial charge in [-0.2, -0.15) is 13.2 Å². The van der Waals surface area contributed by atoms with Gasteiger partial charge in [0.15, 0.2) is 0 Å². The van der Waals surface area contributed by atoms with Crippen molar-refractivity contribution in [3.8, 4) is 0 Å². The molecule has 0 aromatic heterocycles. The van der Waals surface area contributed by atoms with Gasteiger partial charge in [-0.25, -0.2) is 0 Å². The molecule has 6 heteroatoms. The van der Waals surface area contributed by atoms with E-state index >= 15 is 0 Å². The zero-order valence-electron chi connectivity index (χ0n) is 10.2. The topological polar surface area (TPSA) is 3.24 Å². The van der Waals surface area contributed by atoms with Gasteiger partial charge in [0.2, 0.25) is 0 Å². The molecule has 0 unspecified atom stereocenters. The van der Waals surface area contributed by atoms with Crippen LogP contribution in [0.2, 0.25) is 0 Å². The van der Waals surface area contributed by atoms with Crippen molar-refractivity contribution in [2.24, 2.45) is 5.92 Å². The summed E-state index contributed by atoms with van der Waals surface area (Å²) in [6.45, 7) is 0.925. The second-order valence-corrected chi connectivity index (χ2v) is 6.13. The standard InChI is InChI=1S/C13H14Br2F3N/c14-8-9-1-2-11(7-12(9)15)19-5-3-10(4-6-19)13(16,17)18/h1-2,7,10H,3-6,8H2. The summed E-state index contributed by atoms with van der Waals surface area (Å²) in [6.07, 6.45) is -3.69. The van der Waals surface area contributed by atoms with Gasteiger partial charge < -0.3 is 4.90 Å². The molecule has 0 saturated carbocycles. The van der Waals surface area contributed by atoms with Gasteiger partial charge >= 0.3 is 6.18 Å². The molecule has 1 aromatic rings. The van der Waals surface area contributed by atoms with Crippen LogP contribution in [0.4, 0.5) is 18.9 Å². The number of rotatable bonds is 2. The van der Waals surface area contributed by atoms with E-state index in [0.29, 0.717) is 13.1 Å². The first-order chi connectivity index (χ1) is 8.91. The maximum absolute atomic E-state index is 12.6. The Morgan fingerprint density at radius 1 is 1.21 bits per heavy atom. The molecule has 1 aliphatic heterocycles. The van der Waals surface area contributed by atoms with Crippen molar-refractivity contribution in [3.05, 3.63) is 28.2 Å². The number of anilines is 1. The Kier molecular flexibility index (Phi) is 4.82. The van der Waals surface area contributed by atoms with Crippen LogP contribution in [0.5, 0.6) is 0 Å². The lowest BCUT2D eigenvalue weighted by molar-refractivity contribution is -0.179. The molecule has 1 aliphatic rings. The first kappa shape index (κ1) is 15.2. The maximum Gasteiger partial charge on any atom is 0.391 e. The molecule has 0 radical (unpaired) electrons. The summed E-state index contributed by atoms with van der Waals surface area (Å²) in [6, 6.07) is 5.93. The van der Waals surface area contributed by atoms with Crippen molar-refractivity contribution in [2.45, 2.75) is 24.3 Å². The quantitative estimate of drug-likeness (QED) is 0.622. The highest BCUT2D eigenvalue weighted by Gasteiger charge is 2.41. The fourth-order valence-electron chi connectivity index (χ4n) is 2.31. The monoisotopic (exact) mass is 399 g/mol. The molecule has 0 N–H and O–H groups in total. The van der Waals surface area contributed by atoms with E-state index in [2.05, 4.69) is 31.9 Å². The zero-order valence-corrected chi connectivity index (χ0v) is 13.4. The van der Waals surface area contributed by atoms with Crippen molar-refractivity contribution in [2.75, 3.05) is 18.0 Å². The van der Waals surface area contributed by atoms with Gasteiger partial charge in [0.25, 0.3) is 0 Å². The summed E-state index contributed by atoms with van der Waals surface area (Å²) in [5.41, 5.74) is 2.12. The molecule has 0 atom stereocenters. The van der Waals surface area contributed by atoms with Crippen molar-refractivity contribution in [3.63, 3.8) is 0 Å². The highest BCUT2D eigenvalue weighted by molar-refractivity contribution is 9.10. The van der Waals surface area contributed by atoms with E-state index < -0.39 is 12.1 Å². The first-order valence-electron chi connectivity index (χ1n) is 6.08. The molecule has 106 valence electrons. The molecular formula is C13H14Br2F3N. The summed E-state index contributed by atoms with van der Waals surface area (Å²) in [5, 5.41) is 0.754. The lowest BCUT2D eigenvalue weighted by Gasteiger charge is -2.34. The van der Waals surface area contributed by atoms with Crippen molar-refractivity contribution in [1.82, 2.24) is 0 Å². The largest absolute Gasteiger partial charge is 0.391 e. The van der Waals surface area contributed by atoms with Crippen LogP contribution in [-0.4, -0.2) is 19.3 Å². The highest BCUT2D eigenvalue weighted by Crippen LogP contribution is 2.36. The van der Waals surface area contributed by atoms with Crippen LogP contribution >= 0.6 is 31.9 Å². The lowest BCUT2D eigenvalue weighted by Crippen LogP contribution is -2.39. The van der Waals surface area contributed by atoms with Crippen LogP contribution in [0.3, 0.4) is 0 Å². The predicted molar refractivity (Wildman–Crippen MR) is 77.8 cm³/mol. The Morgan fingerprint density at radius 3 is 2.32 bits per heavy atom. The molecule has 1 nitrogen and oxygen atoms in total. The van der Waals surface area contributed by atoms with Gasteiger partial charge in [-0.15, -0.1) is 0 Å². The SMILES string of the molecule is FC(F)(F)C1CCN(c2ccc(CBr)c(Br)c2)CC1. The molecule has 0 bridgehead atoms. The second-order valence-electron chi connectivity index (χ2n) is 4.71. The predicted octanol–water partition coefficient (Wildman–Crippen LogP) is 5.12. The summed E-state index contributed by atoms with van der Waals surface area (Å²) in [4.78, 5) is 2.02. The van der Waals surface area contributed by atoms with E-state index in [4.69, 9.17) is 0 Å². The minimum absolute atomic E-state index is 0.182. The van der Waals surface area contributed by atoms with E-state index in [1.165, 1.54) is 0 Å². The lowest BCUT2D eigenvalue weighted by atomic mass is 9.96. The Hall–Kier alpha value is -0.230. The average Bonchev–Trinajstić information content (AvgIpc) is 2.38. The number of piperidine rings is 1. The normalized spacial score (nSPS) is 17.8. The Bertz CT molecular complexity index is 440. The highest BCUT2D eigenvalue weighted by atomic mass is 79.9. The molecule has 0 aliphatic carbocycles. The third kappa shape index (κ3) is 3.66. The van der Waals surface area contributed by atoms with E-state index in [0.717, 1.165) is 21.1 Å². The molecule has 19 heavy (non-hydrogen) atoms. The second kappa shape index (κ2) is 6.04. The van der Waals surface area contributed by atoms with Crippen molar-refractivity contribution < 1.29 is 13.2 Å². The number of hydrogen-bond donors (Lipinski definition) is 0. The summed E-state index contributed by atoms with van der Waals surface area (Å²) < 4.78 is 38.8. The van der Waals surface area contributed by atoms with Crippen LogP contribution in [-0.2, 0) is 5.33 Å². The number of nitrogens with zero attached hydrogens (tertiary/aromatic N) is 1. The van der Waals surface area contributed by atoms with E-state index in [-0.39, 0.29) is 12.8 Å². The molecule has 0 amide bonds. The number of alkyl halides is 4.